The minimum absolute atomic E-state index is 0.0215. The highest BCUT2D eigenvalue weighted by atomic mass is 16.5. The number of hydrogen-bond acceptors (Lipinski definition) is 6. The number of aromatic hydroxyl groups is 1. The number of phenolic OH excluding ortho intramolecular Hbond substituents is 1. The lowest BCUT2D eigenvalue weighted by molar-refractivity contribution is -0.0235. The number of ether oxygens (including phenoxy) is 1. The number of fused-ring (bicyclic) bond motifs is 4. The van der Waals surface area contributed by atoms with Gasteiger partial charge in [-0.05, 0) is 26.0 Å². The molecular formula is C20H18O6. The predicted molar refractivity (Wildman–Crippen MR) is 91.8 cm³/mol. The van der Waals surface area contributed by atoms with Gasteiger partial charge in [0, 0.05) is 34.2 Å². The van der Waals surface area contributed by atoms with Crippen molar-refractivity contribution in [1.82, 2.24) is 0 Å². The quantitative estimate of drug-likeness (QED) is 0.647. The number of carbonyl (C=O) groups is 2. The Morgan fingerprint density at radius 1 is 1.15 bits per heavy atom. The minimum atomic E-state index is -1.16. The van der Waals surface area contributed by atoms with Gasteiger partial charge in [0.2, 0.25) is 0 Å². The second-order valence-corrected chi connectivity index (χ2v) is 7.25. The summed E-state index contributed by atoms with van der Waals surface area (Å²) in [6.45, 7) is 2.84. The van der Waals surface area contributed by atoms with E-state index in [9.17, 15) is 24.9 Å². The lowest BCUT2D eigenvalue weighted by Gasteiger charge is -2.24. The van der Waals surface area contributed by atoms with Crippen molar-refractivity contribution in [2.45, 2.75) is 38.6 Å². The van der Waals surface area contributed by atoms with Crippen LogP contribution >= 0.6 is 0 Å². The molecule has 0 fully saturated rings. The van der Waals surface area contributed by atoms with Crippen LogP contribution in [0, 0.1) is 0 Å². The Morgan fingerprint density at radius 2 is 1.85 bits per heavy atom. The molecule has 0 radical (unpaired) electrons. The third-order valence-electron chi connectivity index (χ3n) is 5.05. The average Bonchev–Trinajstić information content (AvgIpc) is 3.03. The van der Waals surface area contributed by atoms with E-state index in [0.717, 1.165) is 0 Å². The largest absolute Gasteiger partial charge is 0.507 e. The molecule has 134 valence electrons. The molecule has 1 atom stereocenters. The van der Waals surface area contributed by atoms with Crippen molar-refractivity contribution in [2.24, 2.45) is 0 Å². The van der Waals surface area contributed by atoms with Crippen LogP contribution in [-0.4, -0.2) is 38.6 Å². The topological polar surface area (TPSA) is 104 Å². The SMILES string of the molecule is CC(C)(O)[C@@H]1Cc2c(c(CO)cc3c2C(=O)c2cccc(O)c2C3=O)O1. The lowest BCUT2D eigenvalue weighted by atomic mass is 9.79. The first-order valence-corrected chi connectivity index (χ1v) is 8.34. The highest BCUT2D eigenvalue weighted by Gasteiger charge is 2.42. The Labute approximate surface area is 149 Å². The maximum absolute atomic E-state index is 13.1. The fourth-order valence-electron chi connectivity index (χ4n) is 3.68. The average molecular weight is 354 g/mol. The van der Waals surface area contributed by atoms with Gasteiger partial charge in [0.1, 0.15) is 17.6 Å². The summed E-state index contributed by atoms with van der Waals surface area (Å²) in [4.78, 5) is 26.0. The number of aliphatic hydroxyl groups is 2. The van der Waals surface area contributed by atoms with E-state index in [4.69, 9.17) is 4.74 Å². The van der Waals surface area contributed by atoms with Gasteiger partial charge in [-0.1, -0.05) is 12.1 Å². The maximum atomic E-state index is 13.1. The zero-order valence-electron chi connectivity index (χ0n) is 14.4. The van der Waals surface area contributed by atoms with Crippen molar-refractivity contribution in [1.29, 1.82) is 0 Å². The molecule has 26 heavy (non-hydrogen) atoms. The summed E-state index contributed by atoms with van der Waals surface area (Å²) in [5, 5.41) is 30.1. The fraction of sp³-hybridized carbons (Fsp3) is 0.300. The normalized spacial score (nSPS) is 18.2. The van der Waals surface area contributed by atoms with E-state index in [1.165, 1.54) is 24.3 Å². The minimum Gasteiger partial charge on any atom is -0.507 e. The molecule has 6 nitrogen and oxygen atoms in total. The number of ketones is 2. The van der Waals surface area contributed by atoms with Gasteiger partial charge in [0.05, 0.1) is 17.8 Å². The van der Waals surface area contributed by atoms with E-state index in [1.807, 2.05) is 0 Å². The van der Waals surface area contributed by atoms with Crippen molar-refractivity contribution in [3.05, 3.63) is 57.6 Å². The number of aliphatic hydroxyl groups excluding tert-OH is 1. The first-order valence-electron chi connectivity index (χ1n) is 8.34. The van der Waals surface area contributed by atoms with Crippen molar-refractivity contribution in [3.8, 4) is 11.5 Å². The second-order valence-electron chi connectivity index (χ2n) is 7.25. The molecule has 0 saturated heterocycles. The van der Waals surface area contributed by atoms with Crippen LogP contribution in [0.5, 0.6) is 11.5 Å². The standard InChI is InChI=1S/C20H18O6/c1-20(2,25)14-7-12-15-11(6-9(8-21)19(12)26-14)18(24)16-10(17(15)23)4-3-5-13(16)22/h3-6,14,21-22,25H,7-8H2,1-2H3/t14-/m0/s1. The molecule has 0 amide bonds. The Hall–Kier alpha value is -2.70. The summed E-state index contributed by atoms with van der Waals surface area (Å²) in [7, 11) is 0. The summed E-state index contributed by atoms with van der Waals surface area (Å²) in [5.74, 6) is -0.727. The van der Waals surface area contributed by atoms with Crippen LogP contribution in [0.2, 0.25) is 0 Å². The molecule has 1 aliphatic heterocycles. The van der Waals surface area contributed by atoms with Gasteiger partial charge >= 0.3 is 0 Å². The van der Waals surface area contributed by atoms with Crippen LogP contribution in [-0.2, 0) is 13.0 Å². The number of phenols is 1. The van der Waals surface area contributed by atoms with Gasteiger partial charge in [0.25, 0.3) is 0 Å². The van der Waals surface area contributed by atoms with E-state index >= 15 is 0 Å². The van der Waals surface area contributed by atoms with Crippen LogP contribution in [0.4, 0.5) is 0 Å². The van der Waals surface area contributed by atoms with Crippen LogP contribution in [0.25, 0.3) is 0 Å². The summed E-state index contributed by atoms with van der Waals surface area (Å²) in [6, 6.07) is 5.83. The smallest absolute Gasteiger partial charge is 0.198 e. The molecule has 0 aromatic heterocycles. The summed E-state index contributed by atoms with van der Waals surface area (Å²) < 4.78 is 5.83. The van der Waals surface area contributed by atoms with E-state index in [1.54, 1.807) is 13.8 Å². The molecule has 6 heteroatoms. The summed E-state index contributed by atoms with van der Waals surface area (Å²) in [5.41, 5.74) is 0.242. The zero-order chi connectivity index (χ0) is 18.8. The predicted octanol–water partition coefficient (Wildman–Crippen LogP) is 1.73. The lowest BCUT2D eigenvalue weighted by Crippen LogP contribution is -2.39. The Balaban J connectivity index is 1.97. The third-order valence-corrected chi connectivity index (χ3v) is 5.05. The van der Waals surface area contributed by atoms with Gasteiger partial charge in [-0.15, -0.1) is 0 Å². The van der Waals surface area contributed by atoms with E-state index in [-0.39, 0.29) is 46.8 Å². The maximum Gasteiger partial charge on any atom is 0.198 e. The summed E-state index contributed by atoms with van der Waals surface area (Å²) in [6.07, 6.45) is -0.342. The highest BCUT2D eigenvalue weighted by molar-refractivity contribution is 6.30. The van der Waals surface area contributed by atoms with E-state index in [0.29, 0.717) is 16.9 Å². The molecule has 1 aliphatic carbocycles. The molecule has 1 heterocycles. The van der Waals surface area contributed by atoms with Gasteiger partial charge in [-0.25, -0.2) is 0 Å². The van der Waals surface area contributed by atoms with Crippen molar-refractivity contribution in [3.63, 3.8) is 0 Å². The number of benzene rings is 2. The molecule has 4 rings (SSSR count). The van der Waals surface area contributed by atoms with Crippen LogP contribution in [0.3, 0.4) is 0 Å². The third kappa shape index (κ3) is 2.19. The number of rotatable bonds is 2. The first kappa shape index (κ1) is 16.8. The van der Waals surface area contributed by atoms with Crippen molar-refractivity contribution in [2.75, 3.05) is 0 Å². The molecular weight excluding hydrogens is 336 g/mol. The zero-order valence-corrected chi connectivity index (χ0v) is 14.4. The second kappa shape index (κ2) is 5.40. The summed E-state index contributed by atoms with van der Waals surface area (Å²) >= 11 is 0. The van der Waals surface area contributed by atoms with Crippen LogP contribution in [0.15, 0.2) is 24.3 Å². The molecule has 0 spiro atoms. The van der Waals surface area contributed by atoms with Crippen molar-refractivity contribution >= 4 is 11.6 Å². The van der Waals surface area contributed by atoms with Crippen LogP contribution in [0.1, 0.15) is 56.8 Å². The van der Waals surface area contributed by atoms with Crippen LogP contribution < -0.4 is 4.74 Å². The molecule has 2 aromatic carbocycles. The van der Waals surface area contributed by atoms with E-state index in [2.05, 4.69) is 0 Å². The number of hydrogen-bond donors (Lipinski definition) is 3. The first-order chi connectivity index (χ1) is 12.2. The molecule has 2 aromatic rings. The Bertz CT molecular complexity index is 967. The van der Waals surface area contributed by atoms with E-state index < -0.39 is 17.5 Å². The Morgan fingerprint density at radius 3 is 2.50 bits per heavy atom. The Kier molecular flexibility index (Phi) is 3.48. The van der Waals surface area contributed by atoms with Gasteiger partial charge in [-0.2, -0.15) is 0 Å². The molecule has 0 bridgehead atoms. The highest BCUT2D eigenvalue weighted by Crippen LogP contribution is 2.44. The van der Waals surface area contributed by atoms with Gasteiger partial charge < -0.3 is 20.1 Å². The molecule has 0 unspecified atom stereocenters. The molecule has 2 aliphatic rings. The van der Waals surface area contributed by atoms with Crippen molar-refractivity contribution < 1.29 is 29.6 Å². The number of carbonyl (C=O) groups excluding carboxylic acids is 2. The fourth-order valence-corrected chi connectivity index (χ4v) is 3.68. The monoisotopic (exact) mass is 354 g/mol. The van der Waals surface area contributed by atoms with Gasteiger partial charge in [0.15, 0.2) is 11.6 Å². The van der Waals surface area contributed by atoms with Gasteiger partial charge in [-0.3, -0.25) is 9.59 Å². The molecule has 0 saturated carbocycles. The molecule has 3 N–H and O–H groups in total.